The van der Waals surface area contributed by atoms with Gasteiger partial charge < -0.3 is 8.83 Å². The molecule has 0 amide bonds. The van der Waals surface area contributed by atoms with E-state index in [1.807, 2.05) is 48.5 Å². The molecule has 0 aliphatic carbocycles. The summed E-state index contributed by atoms with van der Waals surface area (Å²) in [6.07, 6.45) is 0. The lowest BCUT2D eigenvalue weighted by Crippen LogP contribution is -2.06. The fourth-order valence-electron chi connectivity index (χ4n) is 8.46. The first-order valence-electron chi connectivity index (χ1n) is 19.0. The molecule has 0 saturated carbocycles. The fraction of sp³-hybridized carbons (Fsp3) is 0. The van der Waals surface area contributed by atoms with Gasteiger partial charge >= 0.3 is 0 Å². The molecule has 0 atom stereocenters. The molecule has 0 spiro atoms. The Labute approximate surface area is 325 Å². The summed E-state index contributed by atoms with van der Waals surface area (Å²) in [5, 5.41) is 6.68. The van der Waals surface area contributed by atoms with E-state index in [0.717, 1.165) is 99.1 Å². The minimum atomic E-state index is 0.573. The molecule has 266 valence electrons. The van der Waals surface area contributed by atoms with Gasteiger partial charge in [-0.3, -0.25) is 4.57 Å². The molecule has 0 aliphatic rings. The molecule has 0 radical (unpaired) electrons. The average Bonchev–Trinajstić information content (AvgIpc) is 3.96. The van der Waals surface area contributed by atoms with Gasteiger partial charge in [0.2, 0.25) is 5.95 Å². The number of hydrogen-bond donors (Lipinski definition) is 0. The summed E-state index contributed by atoms with van der Waals surface area (Å²) < 4.78 is 15.1. The van der Waals surface area contributed by atoms with Gasteiger partial charge in [-0.2, -0.15) is 9.97 Å². The Hall–Kier alpha value is -7.83. The van der Waals surface area contributed by atoms with Crippen LogP contribution in [0.3, 0.4) is 0 Å². The lowest BCUT2D eigenvalue weighted by atomic mass is 9.98. The normalized spacial score (nSPS) is 11.9. The van der Waals surface area contributed by atoms with Crippen LogP contribution in [0.4, 0.5) is 0 Å². The van der Waals surface area contributed by atoms with Crippen molar-refractivity contribution in [2.24, 2.45) is 0 Å². The Kier molecular flexibility index (Phi) is 6.83. The molecule has 0 saturated heterocycles. The molecule has 4 heterocycles. The Morgan fingerprint density at radius 1 is 0.351 bits per heavy atom. The third-order valence-corrected chi connectivity index (χ3v) is 11.1. The third-order valence-electron chi connectivity index (χ3n) is 11.1. The highest BCUT2D eigenvalue weighted by Crippen LogP contribution is 2.41. The van der Waals surface area contributed by atoms with Gasteiger partial charge in [0, 0.05) is 49.0 Å². The summed E-state index contributed by atoms with van der Waals surface area (Å²) in [4.78, 5) is 15.2. The predicted octanol–water partition coefficient (Wildman–Crippen LogP) is 13.4. The molecule has 8 aromatic carbocycles. The molecular formula is C51H30N4O2. The van der Waals surface area contributed by atoms with Gasteiger partial charge in [0.1, 0.15) is 22.3 Å². The molecule has 0 unspecified atom stereocenters. The fourth-order valence-corrected chi connectivity index (χ4v) is 8.46. The van der Waals surface area contributed by atoms with E-state index in [2.05, 4.69) is 138 Å². The molecule has 0 N–H and O–H groups in total. The van der Waals surface area contributed by atoms with Crippen molar-refractivity contribution in [3.63, 3.8) is 0 Å². The highest BCUT2D eigenvalue weighted by atomic mass is 16.3. The molecule has 0 bridgehead atoms. The summed E-state index contributed by atoms with van der Waals surface area (Å²) in [7, 11) is 0. The Morgan fingerprint density at radius 3 is 1.70 bits per heavy atom. The maximum atomic E-state index is 6.73. The van der Waals surface area contributed by atoms with Crippen LogP contribution in [0.15, 0.2) is 191 Å². The zero-order valence-corrected chi connectivity index (χ0v) is 30.4. The predicted molar refractivity (Wildman–Crippen MR) is 230 cm³/mol. The summed E-state index contributed by atoms with van der Waals surface area (Å²) in [5.41, 5.74) is 11.6. The minimum Gasteiger partial charge on any atom is -0.456 e. The standard InChI is InChI=1S/C51H30N4O2/c1-2-12-32(13-3-1)49-52-50(54-51(53-49)55-42-20-7-4-14-37(42)38-15-5-8-21-43(38)55)33-26-24-31(25-27-33)36-18-10-19-40-39-29-28-34(30-46(39)57-48(36)40)35-17-11-23-45-47(35)41-16-6-9-22-44(41)56-45/h1-30H. The summed E-state index contributed by atoms with van der Waals surface area (Å²) in [6, 6.07) is 62.6. The smallest absolute Gasteiger partial charge is 0.238 e. The quantitative estimate of drug-likeness (QED) is 0.176. The Morgan fingerprint density at radius 2 is 0.930 bits per heavy atom. The van der Waals surface area contributed by atoms with E-state index in [-0.39, 0.29) is 0 Å². The van der Waals surface area contributed by atoms with Crippen LogP contribution in [0.25, 0.3) is 117 Å². The molecule has 4 aromatic heterocycles. The molecule has 6 heteroatoms. The number of furan rings is 2. The highest BCUT2D eigenvalue weighted by molar-refractivity contribution is 6.15. The van der Waals surface area contributed by atoms with Crippen molar-refractivity contribution in [2.45, 2.75) is 0 Å². The summed E-state index contributed by atoms with van der Waals surface area (Å²) >= 11 is 0. The van der Waals surface area contributed by atoms with Gasteiger partial charge in [0.25, 0.3) is 0 Å². The van der Waals surface area contributed by atoms with Crippen LogP contribution in [-0.4, -0.2) is 19.5 Å². The Balaban J connectivity index is 0.966. The molecule has 6 nitrogen and oxygen atoms in total. The maximum Gasteiger partial charge on any atom is 0.238 e. The number of fused-ring (bicyclic) bond motifs is 9. The van der Waals surface area contributed by atoms with Crippen LogP contribution in [0, 0.1) is 0 Å². The molecule has 57 heavy (non-hydrogen) atoms. The van der Waals surface area contributed by atoms with Gasteiger partial charge in [-0.1, -0.05) is 146 Å². The first kappa shape index (κ1) is 31.5. The van der Waals surface area contributed by atoms with E-state index in [1.165, 1.54) is 0 Å². The van der Waals surface area contributed by atoms with E-state index in [4.69, 9.17) is 23.8 Å². The van der Waals surface area contributed by atoms with Gasteiger partial charge in [0.05, 0.1) is 11.0 Å². The topological polar surface area (TPSA) is 69.9 Å². The van der Waals surface area contributed by atoms with Crippen LogP contribution < -0.4 is 0 Å². The summed E-state index contributed by atoms with van der Waals surface area (Å²) in [6.45, 7) is 0. The Bertz CT molecular complexity index is 3470. The summed E-state index contributed by atoms with van der Waals surface area (Å²) in [5.74, 6) is 1.79. The van der Waals surface area contributed by atoms with Crippen LogP contribution in [0.1, 0.15) is 0 Å². The van der Waals surface area contributed by atoms with Crippen molar-refractivity contribution < 1.29 is 8.83 Å². The van der Waals surface area contributed by atoms with E-state index in [0.29, 0.717) is 17.6 Å². The minimum absolute atomic E-state index is 0.573. The lowest BCUT2D eigenvalue weighted by Gasteiger charge is -2.11. The average molecular weight is 731 g/mol. The number of hydrogen-bond acceptors (Lipinski definition) is 5. The second-order valence-corrected chi connectivity index (χ2v) is 14.4. The number of rotatable bonds is 5. The van der Waals surface area contributed by atoms with Crippen LogP contribution >= 0.6 is 0 Å². The number of benzene rings is 8. The van der Waals surface area contributed by atoms with Crippen LogP contribution in [-0.2, 0) is 0 Å². The van der Waals surface area contributed by atoms with E-state index in [9.17, 15) is 0 Å². The first-order chi connectivity index (χ1) is 28.2. The van der Waals surface area contributed by atoms with Crippen molar-refractivity contribution >= 4 is 65.7 Å². The van der Waals surface area contributed by atoms with Gasteiger partial charge in [-0.25, -0.2) is 4.98 Å². The molecule has 0 aliphatic heterocycles. The third kappa shape index (κ3) is 4.94. The molecule has 0 fully saturated rings. The second kappa shape index (κ2) is 12.3. The van der Waals surface area contributed by atoms with E-state index < -0.39 is 0 Å². The number of para-hydroxylation sites is 4. The van der Waals surface area contributed by atoms with Crippen molar-refractivity contribution in [1.29, 1.82) is 0 Å². The highest BCUT2D eigenvalue weighted by Gasteiger charge is 2.19. The molecule has 12 rings (SSSR count). The SMILES string of the molecule is c1ccc(-c2nc(-c3ccc(-c4cccc5c4oc4cc(-c6cccc7oc8ccccc8c67)ccc45)cc3)nc(-n3c4ccccc4c4ccccc43)n2)cc1. The van der Waals surface area contributed by atoms with Crippen LogP contribution in [0.5, 0.6) is 0 Å². The van der Waals surface area contributed by atoms with Crippen LogP contribution in [0.2, 0.25) is 0 Å². The molecule has 12 aromatic rings. The number of aromatic nitrogens is 4. The van der Waals surface area contributed by atoms with Crippen molar-refractivity contribution in [1.82, 2.24) is 19.5 Å². The first-order valence-corrected chi connectivity index (χ1v) is 19.0. The van der Waals surface area contributed by atoms with Gasteiger partial charge in [-0.15, -0.1) is 0 Å². The van der Waals surface area contributed by atoms with Gasteiger partial charge in [0.15, 0.2) is 11.6 Å². The maximum absolute atomic E-state index is 6.73. The van der Waals surface area contributed by atoms with Crippen molar-refractivity contribution in [2.75, 3.05) is 0 Å². The molecular weight excluding hydrogens is 701 g/mol. The monoisotopic (exact) mass is 730 g/mol. The van der Waals surface area contributed by atoms with Gasteiger partial charge in [-0.05, 0) is 53.1 Å². The number of nitrogens with zero attached hydrogens (tertiary/aromatic N) is 4. The largest absolute Gasteiger partial charge is 0.456 e. The van der Waals surface area contributed by atoms with Crippen molar-refractivity contribution in [3.8, 4) is 51.0 Å². The zero-order valence-electron chi connectivity index (χ0n) is 30.4. The lowest BCUT2D eigenvalue weighted by molar-refractivity contribution is 0.668. The second-order valence-electron chi connectivity index (χ2n) is 14.4. The van der Waals surface area contributed by atoms with Crippen molar-refractivity contribution in [3.05, 3.63) is 182 Å². The van der Waals surface area contributed by atoms with E-state index >= 15 is 0 Å². The zero-order chi connectivity index (χ0) is 37.5. The van der Waals surface area contributed by atoms with E-state index in [1.54, 1.807) is 0 Å².